The van der Waals surface area contributed by atoms with Gasteiger partial charge in [0.25, 0.3) is 0 Å². The van der Waals surface area contributed by atoms with Crippen LogP contribution in [0.2, 0.25) is 0 Å². The molecule has 0 nitrogen and oxygen atoms in total. The van der Waals surface area contributed by atoms with E-state index in [0.717, 1.165) is 100 Å². The maximum atomic E-state index is 2.39. The maximum absolute atomic E-state index is 2.39. The molecule has 9 aliphatic carbocycles. The second-order valence-electron chi connectivity index (χ2n) is 29.6. The molecule has 14 atom stereocenters. The van der Waals surface area contributed by atoms with E-state index in [1.54, 1.807) is 0 Å². The van der Waals surface area contributed by atoms with Gasteiger partial charge in [-0.25, -0.2) is 0 Å². The van der Waals surface area contributed by atoms with Gasteiger partial charge in [0.2, 0.25) is 0 Å². The predicted octanol–water partition coefficient (Wildman–Crippen LogP) is 22.3. The van der Waals surface area contributed by atoms with Crippen LogP contribution < -0.4 is 0 Å². The van der Waals surface area contributed by atoms with Crippen LogP contribution in [0.15, 0.2) is 0 Å². The molecule has 390 valence electrons. The van der Waals surface area contributed by atoms with Gasteiger partial charge in [-0.05, 0) is 205 Å². The largest absolute Gasteiger partial charge is 0.0651 e. The van der Waals surface area contributed by atoms with E-state index in [4.69, 9.17) is 0 Å². The van der Waals surface area contributed by atoms with Crippen molar-refractivity contribution in [3.63, 3.8) is 0 Å². The van der Waals surface area contributed by atoms with Gasteiger partial charge in [-0.3, -0.25) is 0 Å². The van der Waals surface area contributed by atoms with Crippen LogP contribution in [0.4, 0.5) is 0 Å². The van der Waals surface area contributed by atoms with Crippen molar-refractivity contribution in [1.29, 1.82) is 0 Å². The van der Waals surface area contributed by atoms with Crippen LogP contribution in [-0.2, 0) is 0 Å². The quantitative estimate of drug-likeness (QED) is 0.265. The molecule has 0 bridgehead atoms. The summed E-state index contributed by atoms with van der Waals surface area (Å²) in [6.45, 7) is 60.9. The van der Waals surface area contributed by atoms with Gasteiger partial charge in [-0.2, -0.15) is 0 Å². The highest BCUT2D eigenvalue weighted by molar-refractivity contribution is 4.91. The molecular weight excluding hydrogens is 781 g/mol. The summed E-state index contributed by atoms with van der Waals surface area (Å²) in [5.41, 5.74) is 3.47. The van der Waals surface area contributed by atoms with Gasteiger partial charge in [0.1, 0.15) is 0 Å². The van der Waals surface area contributed by atoms with Gasteiger partial charge in [-0.15, -0.1) is 0 Å². The molecule has 12 unspecified atom stereocenters. The molecule has 0 aromatic heterocycles. The fourth-order valence-electron chi connectivity index (χ4n) is 12.6. The summed E-state index contributed by atoms with van der Waals surface area (Å²) in [6, 6.07) is 0. The molecule has 0 aromatic carbocycles. The Balaban J connectivity index is 0.000000366. The van der Waals surface area contributed by atoms with Gasteiger partial charge in [0.15, 0.2) is 0 Å². The molecule has 0 amide bonds. The molecule has 9 aliphatic rings. The van der Waals surface area contributed by atoms with Crippen molar-refractivity contribution in [1.82, 2.24) is 0 Å². The summed E-state index contributed by atoms with van der Waals surface area (Å²) in [4.78, 5) is 0. The van der Waals surface area contributed by atoms with E-state index in [2.05, 4.69) is 180 Å². The average molecular weight is 912 g/mol. The lowest BCUT2D eigenvalue weighted by Gasteiger charge is -2.48. The van der Waals surface area contributed by atoms with Crippen LogP contribution in [-0.4, -0.2) is 0 Å². The summed E-state index contributed by atoms with van der Waals surface area (Å²) in [7, 11) is 0. The lowest BCUT2D eigenvalue weighted by atomic mass is 9.57. The number of rotatable bonds is 3. The van der Waals surface area contributed by atoms with Gasteiger partial charge in [0, 0.05) is 0 Å². The highest BCUT2D eigenvalue weighted by atomic mass is 14.5. The third-order valence-corrected chi connectivity index (χ3v) is 22.5. The minimum Gasteiger partial charge on any atom is -0.0651 e. The van der Waals surface area contributed by atoms with Crippen LogP contribution in [0, 0.1) is 122 Å². The Morgan fingerprint density at radius 2 is 0.754 bits per heavy atom. The lowest BCUT2D eigenvalue weighted by Crippen LogP contribution is -2.40. The zero-order chi connectivity index (χ0) is 50.5. The molecule has 0 heteroatoms. The summed E-state index contributed by atoms with van der Waals surface area (Å²) in [6.07, 6.45) is 26.1. The highest BCUT2D eigenvalue weighted by Crippen LogP contribution is 2.50. The van der Waals surface area contributed by atoms with Crippen LogP contribution in [0.5, 0.6) is 0 Å². The van der Waals surface area contributed by atoms with Gasteiger partial charge in [-0.1, -0.05) is 212 Å². The lowest BCUT2D eigenvalue weighted by molar-refractivity contribution is 0.0151. The number of hydrogen-bond donors (Lipinski definition) is 0. The molecule has 0 aromatic rings. The highest BCUT2D eigenvalue weighted by Gasteiger charge is 2.41. The zero-order valence-electron chi connectivity index (χ0n) is 50.5. The molecule has 9 saturated carbocycles. The second-order valence-corrected chi connectivity index (χ2v) is 29.6. The Morgan fingerprint density at radius 1 is 0.369 bits per heavy atom. The van der Waals surface area contributed by atoms with Crippen molar-refractivity contribution in [3.8, 4) is 0 Å². The summed E-state index contributed by atoms with van der Waals surface area (Å²) in [5.74, 6) is 16.1. The summed E-state index contributed by atoms with van der Waals surface area (Å²) in [5, 5.41) is 0. The fraction of sp³-hybridized carbons (Fsp3) is 1.00. The van der Waals surface area contributed by atoms with E-state index in [9.17, 15) is 0 Å². The van der Waals surface area contributed by atoms with E-state index in [1.165, 1.54) is 116 Å². The van der Waals surface area contributed by atoms with Gasteiger partial charge < -0.3 is 0 Å². The fourth-order valence-corrected chi connectivity index (χ4v) is 12.6. The maximum Gasteiger partial charge on any atom is -0.0323 e. The predicted molar refractivity (Wildman–Crippen MR) is 299 cm³/mol. The van der Waals surface area contributed by atoms with Crippen molar-refractivity contribution in [2.24, 2.45) is 122 Å². The molecule has 0 saturated heterocycles. The Kier molecular flexibility index (Phi) is 26.7. The van der Waals surface area contributed by atoms with E-state index >= 15 is 0 Å². The van der Waals surface area contributed by atoms with Crippen LogP contribution in [0.3, 0.4) is 0 Å². The molecule has 9 fully saturated rings. The Morgan fingerprint density at radius 3 is 0.769 bits per heavy atom. The third kappa shape index (κ3) is 20.7. The topological polar surface area (TPSA) is 0 Å². The third-order valence-electron chi connectivity index (χ3n) is 22.5. The van der Waals surface area contributed by atoms with Crippen LogP contribution >= 0.6 is 0 Å². The normalized spacial score (nSPS) is 40.4. The Hall–Kier alpha value is 0. The molecular formula is C65H130. The second kappa shape index (κ2) is 27.6. The van der Waals surface area contributed by atoms with Gasteiger partial charge in [0.05, 0.1) is 0 Å². The minimum atomic E-state index is 0.652. The Labute approximate surface area is 415 Å². The minimum absolute atomic E-state index is 0.652. The Bertz CT molecular complexity index is 1160. The van der Waals surface area contributed by atoms with E-state index < -0.39 is 0 Å². The van der Waals surface area contributed by atoms with Crippen LogP contribution in [0.25, 0.3) is 0 Å². The SMILES string of the molecule is CC1CC(C)(C)C1.CC1CC(C)(C)C1C.CC1CC(C)C1C.CC1CCC1(C)C.CC1C[C@H](C)C1C.CCC1(C)CCC1.CCC1CC(C)C1C.CCC1CCC1C.C[C@H]1CCC1(C)C. The van der Waals surface area contributed by atoms with Crippen molar-refractivity contribution in [2.45, 2.75) is 296 Å². The molecule has 0 heterocycles. The molecule has 0 aliphatic heterocycles. The van der Waals surface area contributed by atoms with E-state index in [-0.39, 0.29) is 0 Å². The van der Waals surface area contributed by atoms with Crippen molar-refractivity contribution in [3.05, 3.63) is 0 Å². The van der Waals surface area contributed by atoms with Crippen molar-refractivity contribution in [2.75, 3.05) is 0 Å². The van der Waals surface area contributed by atoms with Crippen molar-refractivity contribution < 1.29 is 0 Å². The first-order valence-electron chi connectivity index (χ1n) is 29.7. The zero-order valence-corrected chi connectivity index (χ0v) is 50.5. The summed E-state index contributed by atoms with van der Waals surface area (Å²) >= 11 is 0. The van der Waals surface area contributed by atoms with E-state index in [0.29, 0.717) is 21.7 Å². The standard InChI is InChI=1S/2C8H16.7C7H14/c1-6-5-8(3,4)7(6)2;1-4-8-5-6(2)7(8)3;1-6-4-7(2,3)5-6;2*1-6-4-5-7(6,2)3;2*1-5-4-6(2)7(5)3;1-3-7(2)5-4-6-7;1-3-7-5-4-6(7)2/h6-7H,5H2,1-4H3;6-8H,4-5H2,1-3H3;3*6H,4-5H2,1-3H3;2*5-7H,4H2,1-3H3;3-6H2,1-2H3;6-7H,3-5H2,1-2H3/t;;;6-;;5-,6?,7?;;;/m...0.0.../s1. The monoisotopic (exact) mass is 911 g/mol. The molecule has 0 N–H and O–H groups in total. The average Bonchev–Trinajstić information content (AvgIpc) is 3.23. The molecule has 9 rings (SSSR count). The van der Waals surface area contributed by atoms with Crippen LogP contribution in [0.1, 0.15) is 296 Å². The smallest absolute Gasteiger partial charge is 0.0323 e. The van der Waals surface area contributed by atoms with Crippen molar-refractivity contribution >= 4 is 0 Å². The van der Waals surface area contributed by atoms with Gasteiger partial charge >= 0.3 is 0 Å². The van der Waals surface area contributed by atoms with E-state index in [1.807, 2.05) is 0 Å². The molecule has 65 heavy (non-hydrogen) atoms. The molecule has 0 radical (unpaired) electrons. The molecule has 0 spiro atoms. The first-order chi connectivity index (χ1) is 29.7. The summed E-state index contributed by atoms with van der Waals surface area (Å²) < 4.78 is 0. The first kappa shape index (κ1) is 63.0. The first-order valence-corrected chi connectivity index (χ1v) is 29.7. The number of hydrogen-bond acceptors (Lipinski definition) is 0.